The van der Waals surface area contributed by atoms with E-state index in [2.05, 4.69) is 21.3 Å². The molecule has 190 valence electrons. The van der Waals surface area contributed by atoms with E-state index in [1.165, 1.54) is 11.8 Å². The number of rotatable bonds is 14. The van der Waals surface area contributed by atoms with E-state index in [4.69, 9.17) is 16.9 Å². The van der Waals surface area contributed by atoms with E-state index >= 15 is 0 Å². The molecule has 0 aromatic carbocycles. The van der Waals surface area contributed by atoms with Gasteiger partial charge in [-0.25, -0.2) is 0 Å². The summed E-state index contributed by atoms with van der Waals surface area (Å²) in [6.07, 6.45) is 1.21. The lowest BCUT2D eigenvalue weighted by atomic mass is 10.1. The summed E-state index contributed by atoms with van der Waals surface area (Å²) in [6, 6.07) is -1.77. The quantitative estimate of drug-likeness (QED) is 0.0755. The minimum Gasteiger partial charge on any atom is -0.370 e. The summed E-state index contributed by atoms with van der Waals surface area (Å²) in [7, 11) is 0. The molecule has 0 spiro atoms. The van der Waals surface area contributed by atoms with Crippen molar-refractivity contribution in [3.63, 3.8) is 0 Å². The van der Waals surface area contributed by atoms with Crippen LogP contribution in [0.2, 0.25) is 0 Å². The normalized spacial score (nSPS) is 15.7. The second-order valence-electron chi connectivity index (χ2n) is 7.96. The molecular weight excluding hydrogens is 448 g/mol. The number of likely N-dealkylation sites (tertiary alicyclic amines) is 1. The fourth-order valence-corrected chi connectivity index (χ4v) is 3.36. The van der Waals surface area contributed by atoms with Crippen molar-refractivity contribution >= 4 is 41.3 Å². The third kappa shape index (κ3) is 10.7. The first-order chi connectivity index (χ1) is 16.0. The molecule has 1 heterocycles. The summed E-state index contributed by atoms with van der Waals surface area (Å²) in [5.74, 6) is -3.13. The number of ketones is 1. The van der Waals surface area contributed by atoms with Gasteiger partial charge < -0.3 is 37.6 Å². The van der Waals surface area contributed by atoms with E-state index < -0.39 is 41.6 Å². The highest BCUT2D eigenvalue weighted by atomic mass is 16.2. The smallest absolute Gasteiger partial charge is 0.245 e. The first-order valence-electron chi connectivity index (χ1n) is 11.0. The fraction of sp³-hybridized carbons (Fsp3) is 0.650. The maximum absolute atomic E-state index is 13.2. The van der Waals surface area contributed by atoms with Gasteiger partial charge in [0.1, 0.15) is 17.9 Å². The molecule has 1 aliphatic heterocycles. The number of nitrogens with two attached hydrogens (primary N) is 2. The van der Waals surface area contributed by atoms with Crippen LogP contribution >= 0.6 is 0 Å². The third-order valence-electron chi connectivity index (χ3n) is 5.01. The maximum atomic E-state index is 13.2. The predicted octanol–water partition coefficient (Wildman–Crippen LogP) is -3.19. The highest BCUT2D eigenvalue weighted by Crippen LogP contribution is 2.19. The van der Waals surface area contributed by atoms with Gasteiger partial charge in [0.2, 0.25) is 29.5 Å². The molecule has 14 nitrogen and oxygen atoms in total. The topological polar surface area (TPSA) is 230 Å². The van der Waals surface area contributed by atoms with E-state index in [0.717, 1.165) is 0 Å². The summed E-state index contributed by atoms with van der Waals surface area (Å²) in [5.41, 5.74) is 10.3. The van der Waals surface area contributed by atoms with Crippen molar-refractivity contribution < 1.29 is 28.8 Å². The number of carbonyl (C=O) groups excluding carboxylic acids is 6. The van der Waals surface area contributed by atoms with Crippen LogP contribution in [0, 0.1) is 5.41 Å². The molecule has 2 atom stereocenters. The average molecular weight is 483 g/mol. The molecule has 0 aliphatic carbocycles. The van der Waals surface area contributed by atoms with Crippen molar-refractivity contribution in [2.24, 2.45) is 11.5 Å². The zero-order chi connectivity index (χ0) is 25.7. The first kappa shape index (κ1) is 28.3. The Bertz CT molecular complexity index is 802. The van der Waals surface area contributed by atoms with Crippen LogP contribution in [0.1, 0.15) is 45.4 Å². The van der Waals surface area contributed by atoms with Gasteiger partial charge in [-0.05, 0) is 32.6 Å². The fourth-order valence-electron chi connectivity index (χ4n) is 3.36. The number of carbonyl (C=O) groups is 6. The molecule has 14 heteroatoms. The summed E-state index contributed by atoms with van der Waals surface area (Å²) in [6.45, 7) is 1.44. The Morgan fingerprint density at radius 2 is 1.71 bits per heavy atom. The zero-order valence-corrected chi connectivity index (χ0v) is 19.3. The largest absolute Gasteiger partial charge is 0.370 e. The summed E-state index contributed by atoms with van der Waals surface area (Å²) >= 11 is 0. The van der Waals surface area contributed by atoms with Crippen molar-refractivity contribution in [1.29, 1.82) is 5.41 Å². The molecule has 1 aliphatic rings. The maximum Gasteiger partial charge on any atom is 0.245 e. The standard InChI is InChI=1S/C20H34N8O6/c1-12(29)10-25-17(32)11-26-18(33)14-5-3-9-28(14)19(34)13(4-2-8-24-20(22)23)27-16(31)7-6-15(21)30/h13-14H,2-11H2,1H3,(H2,21,30)(H,25,32)(H,26,33)(H,27,31)(H4,22,23,24)/t13-,14-/m1/s1. The predicted molar refractivity (Wildman–Crippen MR) is 121 cm³/mol. The van der Waals surface area contributed by atoms with Gasteiger partial charge >= 0.3 is 0 Å². The Morgan fingerprint density at radius 1 is 1.00 bits per heavy atom. The second-order valence-corrected chi connectivity index (χ2v) is 7.96. The summed E-state index contributed by atoms with van der Waals surface area (Å²) in [4.78, 5) is 73.0. The molecule has 34 heavy (non-hydrogen) atoms. The zero-order valence-electron chi connectivity index (χ0n) is 19.3. The Morgan fingerprint density at radius 3 is 2.32 bits per heavy atom. The molecule has 0 saturated carbocycles. The third-order valence-corrected chi connectivity index (χ3v) is 5.01. The molecule has 9 N–H and O–H groups in total. The molecular formula is C20H34N8O6. The molecule has 0 radical (unpaired) electrons. The van der Waals surface area contributed by atoms with Gasteiger partial charge in [-0.1, -0.05) is 0 Å². The Kier molecular flexibility index (Phi) is 12.0. The summed E-state index contributed by atoms with van der Waals surface area (Å²) < 4.78 is 0. The van der Waals surface area contributed by atoms with Gasteiger partial charge in [0, 0.05) is 25.9 Å². The molecule has 1 rings (SSSR count). The van der Waals surface area contributed by atoms with Crippen LogP contribution in [0.15, 0.2) is 0 Å². The Hall–Kier alpha value is -3.71. The van der Waals surface area contributed by atoms with Gasteiger partial charge in [0.25, 0.3) is 0 Å². The van der Waals surface area contributed by atoms with Crippen LogP contribution in [0.25, 0.3) is 0 Å². The molecule has 0 aromatic rings. The van der Waals surface area contributed by atoms with E-state index in [9.17, 15) is 28.8 Å². The number of amides is 5. The van der Waals surface area contributed by atoms with Crippen molar-refractivity contribution in [3.8, 4) is 0 Å². The average Bonchev–Trinajstić information content (AvgIpc) is 3.26. The van der Waals surface area contributed by atoms with Crippen LogP contribution < -0.4 is 32.7 Å². The minimum absolute atomic E-state index is 0.141. The van der Waals surface area contributed by atoms with Crippen molar-refractivity contribution in [1.82, 2.24) is 26.2 Å². The number of hydrogen-bond donors (Lipinski definition) is 7. The van der Waals surface area contributed by atoms with E-state index in [0.29, 0.717) is 32.4 Å². The number of primary amides is 1. The molecule has 0 unspecified atom stereocenters. The monoisotopic (exact) mass is 482 g/mol. The number of Topliss-reactive ketones (excluding diaryl/α,β-unsaturated/α-hetero) is 1. The number of nitrogens with zero attached hydrogens (tertiary/aromatic N) is 1. The summed E-state index contributed by atoms with van der Waals surface area (Å²) in [5, 5.41) is 17.2. The number of hydrogen-bond acceptors (Lipinski definition) is 7. The number of nitrogens with one attached hydrogen (secondary N) is 5. The Labute approximate surface area is 197 Å². The van der Waals surface area contributed by atoms with Crippen LogP contribution in [-0.4, -0.2) is 84.4 Å². The van der Waals surface area contributed by atoms with E-state index in [1.807, 2.05) is 0 Å². The lowest BCUT2D eigenvalue weighted by Gasteiger charge is -2.29. The van der Waals surface area contributed by atoms with Gasteiger partial charge in [-0.15, -0.1) is 0 Å². The van der Waals surface area contributed by atoms with Crippen molar-refractivity contribution in [2.45, 2.75) is 57.5 Å². The SMILES string of the molecule is CC(=O)CNC(=O)CNC(=O)[C@H]1CCCN1C(=O)[C@@H](CCCNC(=N)N)NC(=O)CCC(N)=O. The van der Waals surface area contributed by atoms with Crippen LogP contribution in [-0.2, 0) is 28.8 Å². The van der Waals surface area contributed by atoms with E-state index in [1.54, 1.807) is 0 Å². The second kappa shape index (κ2) is 14.4. The van der Waals surface area contributed by atoms with Gasteiger partial charge in [-0.3, -0.25) is 34.2 Å². The highest BCUT2D eigenvalue weighted by molar-refractivity contribution is 5.94. The van der Waals surface area contributed by atoms with Crippen LogP contribution in [0.5, 0.6) is 0 Å². The Balaban J connectivity index is 2.77. The lowest BCUT2D eigenvalue weighted by Crippen LogP contribution is -2.54. The van der Waals surface area contributed by atoms with Gasteiger partial charge in [0.15, 0.2) is 5.96 Å². The molecule has 1 saturated heterocycles. The number of guanidine groups is 1. The van der Waals surface area contributed by atoms with Crippen LogP contribution in [0.4, 0.5) is 0 Å². The lowest BCUT2D eigenvalue weighted by molar-refractivity contribution is -0.141. The highest BCUT2D eigenvalue weighted by Gasteiger charge is 2.37. The van der Waals surface area contributed by atoms with Crippen molar-refractivity contribution in [2.75, 3.05) is 26.2 Å². The van der Waals surface area contributed by atoms with E-state index in [-0.39, 0.29) is 44.1 Å². The van der Waals surface area contributed by atoms with Gasteiger partial charge in [-0.2, -0.15) is 0 Å². The molecule has 1 fully saturated rings. The minimum atomic E-state index is -0.957. The molecule has 0 aromatic heterocycles. The van der Waals surface area contributed by atoms with Gasteiger partial charge in [0.05, 0.1) is 13.1 Å². The first-order valence-corrected chi connectivity index (χ1v) is 11.0. The molecule has 0 bridgehead atoms. The molecule has 5 amide bonds. The van der Waals surface area contributed by atoms with Crippen molar-refractivity contribution in [3.05, 3.63) is 0 Å². The van der Waals surface area contributed by atoms with Crippen LogP contribution in [0.3, 0.4) is 0 Å².